The molecule has 130 valence electrons. The fourth-order valence-corrected chi connectivity index (χ4v) is 4.52. The van der Waals surface area contributed by atoms with Crippen LogP contribution >= 0.6 is 11.8 Å². The largest absolute Gasteiger partial charge is 0.294 e. The van der Waals surface area contributed by atoms with Crippen LogP contribution in [0, 0.1) is 5.92 Å². The van der Waals surface area contributed by atoms with Gasteiger partial charge in [0.05, 0.1) is 11.4 Å². The van der Waals surface area contributed by atoms with E-state index in [1.165, 1.54) is 0 Å². The summed E-state index contributed by atoms with van der Waals surface area (Å²) in [7, 11) is 0. The Balaban J connectivity index is 1.74. The molecular weight excluding hydrogens is 340 g/mol. The van der Waals surface area contributed by atoms with Gasteiger partial charge >= 0.3 is 0 Å². The summed E-state index contributed by atoms with van der Waals surface area (Å²) in [6.45, 7) is 2.15. The highest BCUT2D eigenvalue weighted by Gasteiger charge is 2.28. The van der Waals surface area contributed by atoms with E-state index in [0.717, 1.165) is 45.1 Å². The van der Waals surface area contributed by atoms with Crippen LogP contribution < -0.4 is 0 Å². The molecule has 0 amide bonds. The number of fused-ring (bicyclic) bond motifs is 1. The lowest BCUT2D eigenvalue weighted by Gasteiger charge is -2.25. The minimum atomic E-state index is 0.250. The van der Waals surface area contributed by atoms with Gasteiger partial charge in [-0.15, -0.1) is 11.8 Å². The summed E-state index contributed by atoms with van der Waals surface area (Å²) in [6.07, 6.45) is 5.16. The predicted octanol–water partition coefficient (Wildman–Crippen LogP) is 5.20. The smallest absolute Gasteiger partial charge is 0.164 e. The molecule has 4 heteroatoms. The second kappa shape index (κ2) is 7.42. The molecule has 0 fully saturated rings. The minimum absolute atomic E-state index is 0.250. The van der Waals surface area contributed by atoms with E-state index in [1.54, 1.807) is 18.0 Å². The summed E-state index contributed by atoms with van der Waals surface area (Å²) >= 11 is 1.69. The van der Waals surface area contributed by atoms with Crippen molar-refractivity contribution in [3.05, 3.63) is 77.7 Å². The van der Waals surface area contributed by atoms with Crippen LogP contribution in [0.1, 0.15) is 35.0 Å². The van der Waals surface area contributed by atoms with Crippen LogP contribution in [0.15, 0.2) is 65.8 Å². The number of nitrogens with zero attached hydrogens (tertiary/aromatic N) is 2. The molecule has 4 rings (SSSR count). The van der Waals surface area contributed by atoms with Gasteiger partial charge in [-0.1, -0.05) is 25.1 Å². The lowest BCUT2D eigenvalue weighted by atomic mass is 9.81. The number of Topliss-reactive ketones (excluding diaryl/α,β-unsaturated/α-hetero) is 1. The molecule has 0 spiro atoms. The van der Waals surface area contributed by atoms with Gasteiger partial charge in [0.2, 0.25) is 0 Å². The number of aromatic nitrogens is 2. The lowest BCUT2D eigenvalue weighted by molar-refractivity contribution is 0.0950. The van der Waals surface area contributed by atoms with E-state index in [4.69, 9.17) is 0 Å². The van der Waals surface area contributed by atoms with Gasteiger partial charge in [-0.25, -0.2) is 0 Å². The molecule has 0 saturated heterocycles. The molecule has 1 aromatic carbocycles. The number of hydrogen-bond donors (Lipinski definition) is 0. The topological polar surface area (TPSA) is 42.9 Å². The van der Waals surface area contributed by atoms with Crippen molar-refractivity contribution in [1.29, 1.82) is 0 Å². The van der Waals surface area contributed by atoms with Crippen LogP contribution in [-0.4, -0.2) is 15.8 Å². The van der Waals surface area contributed by atoms with E-state index in [9.17, 15) is 4.79 Å². The van der Waals surface area contributed by atoms with Gasteiger partial charge in [-0.2, -0.15) is 0 Å². The van der Waals surface area contributed by atoms with Gasteiger partial charge < -0.3 is 0 Å². The van der Waals surface area contributed by atoms with E-state index >= 15 is 0 Å². The average Bonchev–Trinajstić information content (AvgIpc) is 2.67. The molecule has 1 aliphatic rings. The summed E-state index contributed by atoms with van der Waals surface area (Å²) < 4.78 is 0. The van der Waals surface area contributed by atoms with Gasteiger partial charge in [0.25, 0.3) is 0 Å². The van der Waals surface area contributed by atoms with E-state index in [-0.39, 0.29) is 5.78 Å². The molecule has 1 atom stereocenters. The number of thioether (sulfide) groups is 1. The lowest BCUT2D eigenvalue weighted by Crippen LogP contribution is -2.20. The van der Waals surface area contributed by atoms with Crippen molar-refractivity contribution in [3.63, 3.8) is 0 Å². The second-order valence-corrected chi connectivity index (χ2v) is 7.74. The molecule has 1 aliphatic carbocycles. The monoisotopic (exact) mass is 360 g/mol. The molecule has 3 nitrogen and oxygen atoms in total. The SMILES string of the molecule is CC1CC(=O)c2c(SCc3ccccn3)ccc(-c3ccccn3)c2C1. The van der Waals surface area contributed by atoms with Crippen molar-refractivity contribution < 1.29 is 4.79 Å². The molecule has 3 aromatic rings. The number of pyridine rings is 2. The van der Waals surface area contributed by atoms with Crippen LogP contribution in [0.5, 0.6) is 0 Å². The Morgan fingerprint density at radius 3 is 2.54 bits per heavy atom. The first-order valence-electron chi connectivity index (χ1n) is 8.85. The third kappa shape index (κ3) is 3.42. The zero-order valence-corrected chi connectivity index (χ0v) is 15.5. The molecule has 1 unspecified atom stereocenters. The maximum Gasteiger partial charge on any atom is 0.164 e. The molecule has 26 heavy (non-hydrogen) atoms. The van der Waals surface area contributed by atoms with Crippen molar-refractivity contribution in [2.45, 2.75) is 30.4 Å². The van der Waals surface area contributed by atoms with Gasteiger partial charge in [-0.3, -0.25) is 14.8 Å². The number of benzene rings is 1. The van der Waals surface area contributed by atoms with Gasteiger partial charge in [0, 0.05) is 40.6 Å². The molecule has 2 aromatic heterocycles. The number of ketones is 1. The normalized spacial score (nSPS) is 16.3. The number of rotatable bonds is 4. The van der Waals surface area contributed by atoms with Gasteiger partial charge in [0.1, 0.15) is 0 Å². The predicted molar refractivity (Wildman–Crippen MR) is 105 cm³/mol. The summed E-state index contributed by atoms with van der Waals surface area (Å²) in [6, 6.07) is 16.1. The van der Waals surface area contributed by atoms with E-state index in [0.29, 0.717) is 12.3 Å². The summed E-state index contributed by atoms with van der Waals surface area (Å²) in [5.41, 5.74) is 5.09. The van der Waals surface area contributed by atoms with Crippen LogP contribution in [-0.2, 0) is 12.2 Å². The molecular formula is C22H20N2OS. The van der Waals surface area contributed by atoms with E-state index < -0.39 is 0 Å². The number of hydrogen-bond acceptors (Lipinski definition) is 4. The highest BCUT2D eigenvalue weighted by atomic mass is 32.2. The van der Waals surface area contributed by atoms with Gasteiger partial charge in [0.15, 0.2) is 5.78 Å². The highest BCUT2D eigenvalue weighted by molar-refractivity contribution is 7.98. The maximum absolute atomic E-state index is 12.9. The van der Waals surface area contributed by atoms with Crippen LogP contribution in [0.4, 0.5) is 0 Å². The van der Waals surface area contributed by atoms with Crippen LogP contribution in [0.25, 0.3) is 11.3 Å². The van der Waals surface area contributed by atoms with Gasteiger partial charge in [-0.05, 0) is 48.2 Å². The van der Waals surface area contributed by atoms with E-state index in [1.807, 2.05) is 42.6 Å². The highest BCUT2D eigenvalue weighted by Crippen LogP contribution is 2.39. The number of carbonyl (C=O) groups excluding carboxylic acids is 1. The second-order valence-electron chi connectivity index (χ2n) is 6.73. The van der Waals surface area contributed by atoms with Crippen molar-refractivity contribution in [2.75, 3.05) is 0 Å². The zero-order chi connectivity index (χ0) is 17.9. The molecule has 0 N–H and O–H groups in total. The Kier molecular flexibility index (Phi) is 4.85. The fraction of sp³-hybridized carbons (Fsp3) is 0.227. The third-order valence-corrected chi connectivity index (χ3v) is 5.77. The van der Waals surface area contributed by atoms with Crippen molar-refractivity contribution in [1.82, 2.24) is 9.97 Å². The molecule has 2 heterocycles. The summed E-state index contributed by atoms with van der Waals surface area (Å²) in [4.78, 5) is 22.8. The minimum Gasteiger partial charge on any atom is -0.294 e. The molecule has 0 bridgehead atoms. The zero-order valence-electron chi connectivity index (χ0n) is 14.7. The summed E-state index contributed by atoms with van der Waals surface area (Å²) in [5.74, 6) is 1.38. The first-order chi connectivity index (χ1) is 12.7. The first-order valence-corrected chi connectivity index (χ1v) is 9.84. The Labute approximate surface area is 157 Å². The Morgan fingerprint density at radius 1 is 1.00 bits per heavy atom. The molecule has 0 aliphatic heterocycles. The Bertz CT molecular complexity index is 926. The fourth-order valence-electron chi connectivity index (χ4n) is 3.50. The van der Waals surface area contributed by atoms with Crippen LogP contribution in [0.2, 0.25) is 0 Å². The first kappa shape index (κ1) is 17.0. The quantitative estimate of drug-likeness (QED) is 0.600. The Morgan fingerprint density at radius 2 is 1.81 bits per heavy atom. The van der Waals surface area contributed by atoms with E-state index in [2.05, 4.69) is 29.0 Å². The van der Waals surface area contributed by atoms with Crippen molar-refractivity contribution >= 4 is 17.5 Å². The number of carbonyl (C=O) groups is 1. The molecule has 0 radical (unpaired) electrons. The van der Waals surface area contributed by atoms with Crippen molar-refractivity contribution in [3.8, 4) is 11.3 Å². The Hall–Kier alpha value is -2.46. The van der Waals surface area contributed by atoms with Crippen molar-refractivity contribution in [2.24, 2.45) is 5.92 Å². The average molecular weight is 360 g/mol. The maximum atomic E-state index is 12.9. The summed E-state index contributed by atoms with van der Waals surface area (Å²) in [5, 5.41) is 0. The van der Waals surface area contributed by atoms with Crippen LogP contribution in [0.3, 0.4) is 0 Å². The standard InChI is InChI=1S/C22H20N2OS/c1-15-12-18-17(19-7-3-5-11-24-19)8-9-21(22(18)20(25)13-15)26-14-16-6-2-4-10-23-16/h2-11,15H,12-14H2,1H3. The molecule has 0 saturated carbocycles. The third-order valence-electron chi connectivity index (χ3n) is 4.68.